The van der Waals surface area contributed by atoms with Crippen molar-refractivity contribution < 1.29 is 0 Å². The maximum Gasteiger partial charge on any atom is 0.0954 e. The zero-order chi connectivity index (χ0) is 13.1. The van der Waals surface area contributed by atoms with Crippen LogP contribution in [0.15, 0.2) is 42.9 Å². The fourth-order valence-corrected chi connectivity index (χ4v) is 2.55. The van der Waals surface area contributed by atoms with Crippen LogP contribution < -0.4 is 5.32 Å². The molecular formula is C16H21N3. The normalized spacial score (nSPS) is 16.5. The Morgan fingerprint density at radius 2 is 2.11 bits per heavy atom. The lowest BCUT2D eigenvalue weighted by atomic mass is 10.0. The highest BCUT2D eigenvalue weighted by Crippen LogP contribution is 2.24. The van der Waals surface area contributed by atoms with Crippen molar-refractivity contribution in [1.29, 1.82) is 0 Å². The van der Waals surface area contributed by atoms with Gasteiger partial charge in [0.2, 0.25) is 0 Å². The van der Waals surface area contributed by atoms with Gasteiger partial charge in [0.25, 0.3) is 0 Å². The van der Waals surface area contributed by atoms with E-state index >= 15 is 0 Å². The van der Waals surface area contributed by atoms with Crippen molar-refractivity contribution in [2.75, 3.05) is 0 Å². The van der Waals surface area contributed by atoms with Gasteiger partial charge < -0.3 is 9.88 Å². The molecule has 1 aromatic heterocycles. The van der Waals surface area contributed by atoms with Gasteiger partial charge in [-0.3, -0.25) is 0 Å². The first-order chi connectivity index (χ1) is 9.38. The second-order valence-corrected chi connectivity index (χ2v) is 5.28. The predicted octanol–water partition coefficient (Wildman–Crippen LogP) is 3.13. The van der Waals surface area contributed by atoms with Gasteiger partial charge in [-0.05, 0) is 24.8 Å². The van der Waals surface area contributed by atoms with Crippen molar-refractivity contribution in [3.63, 3.8) is 0 Å². The van der Waals surface area contributed by atoms with Gasteiger partial charge >= 0.3 is 0 Å². The lowest BCUT2D eigenvalue weighted by molar-refractivity contribution is 0.528. The summed E-state index contributed by atoms with van der Waals surface area (Å²) in [4.78, 5) is 4.34. The highest BCUT2D eigenvalue weighted by Gasteiger charge is 2.21. The molecule has 1 atom stereocenters. The number of hydrogen-bond donors (Lipinski definition) is 1. The first-order valence-electron chi connectivity index (χ1n) is 7.17. The Hall–Kier alpha value is -1.61. The van der Waals surface area contributed by atoms with Gasteiger partial charge in [0.05, 0.1) is 18.1 Å². The van der Waals surface area contributed by atoms with E-state index in [4.69, 9.17) is 0 Å². The molecule has 2 aromatic rings. The summed E-state index contributed by atoms with van der Waals surface area (Å²) in [6, 6.07) is 11.8. The average Bonchev–Trinajstić information content (AvgIpc) is 3.18. The van der Waals surface area contributed by atoms with Gasteiger partial charge in [-0.25, -0.2) is 4.98 Å². The van der Waals surface area contributed by atoms with E-state index in [0.717, 1.165) is 19.0 Å². The van der Waals surface area contributed by atoms with E-state index < -0.39 is 0 Å². The molecule has 0 radical (unpaired) electrons. The van der Waals surface area contributed by atoms with E-state index in [0.29, 0.717) is 6.04 Å². The van der Waals surface area contributed by atoms with Gasteiger partial charge in [-0.2, -0.15) is 0 Å². The fourth-order valence-electron chi connectivity index (χ4n) is 2.55. The van der Waals surface area contributed by atoms with Crippen LogP contribution in [-0.2, 0) is 6.54 Å². The first-order valence-corrected chi connectivity index (χ1v) is 7.17. The Labute approximate surface area is 114 Å². The second kappa shape index (κ2) is 5.57. The lowest BCUT2D eigenvalue weighted by Gasteiger charge is -2.20. The lowest BCUT2D eigenvalue weighted by Crippen LogP contribution is -2.20. The Bertz CT molecular complexity index is 514. The van der Waals surface area contributed by atoms with Crippen molar-refractivity contribution in [3.8, 4) is 0 Å². The number of rotatable bonds is 6. The molecule has 1 aliphatic carbocycles. The molecule has 3 heteroatoms. The van der Waals surface area contributed by atoms with Gasteiger partial charge in [-0.15, -0.1) is 0 Å². The smallest absolute Gasteiger partial charge is 0.0954 e. The zero-order valence-corrected chi connectivity index (χ0v) is 11.4. The largest absolute Gasteiger partial charge is 0.326 e. The van der Waals surface area contributed by atoms with Crippen LogP contribution in [0.5, 0.6) is 0 Å². The Balaban J connectivity index is 1.80. The monoisotopic (exact) mass is 255 g/mol. The number of imidazole rings is 1. The summed E-state index contributed by atoms with van der Waals surface area (Å²) in [6.45, 7) is 3.16. The quantitative estimate of drug-likeness (QED) is 0.859. The Morgan fingerprint density at radius 3 is 2.79 bits per heavy atom. The molecule has 1 N–H and O–H groups in total. The number of aromatic nitrogens is 2. The summed E-state index contributed by atoms with van der Waals surface area (Å²) >= 11 is 0. The molecule has 0 saturated heterocycles. The van der Waals surface area contributed by atoms with Crippen molar-refractivity contribution >= 4 is 0 Å². The maximum absolute atomic E-state index is 4.34. The third kappa shape index (κ3) is 2.87. The summed E-state index contributed by atoms with van der Waals surface area (Å²) in [5.74, 6) is 0. The van der Waals surface area contributed by atoms with Crippen LogP contribution in [0.1, 0.15) is 43.5 Å². The van der Waals surface area contributed by atoms with Crippen LogP contribution in [0, 0.1) is 0 Å². The van der Waals surface area contributed by atoms with E-state index in [9.17, 15) is 0 Å². The predicted molar refractivity (Wildman–Crippen MR) is 77.0 cm³/mol. The van der Waals surface area contributed by atoms with Crippen molar-refractivity contribution in [2.45, 2.75) is 44.8 Å². The van der Waals surface area contributed by atoms with E-state index in [2.05, 4.69) is 52.1 Å². The summed E-state index contributed by atoms with van der Waals surface area (Å²) in [5, 5.41) is 3.57. The number of hydrogen-bond acceptors (Lipinski definition) is 2. The van der Waals surface area contributed by atoms with E-state index in [1.807, 2.05) is 12.5 Å². The van der Waals surface area contributed by atoms with E-state index in [1.165, 1.54) is 24.1 Å². The molecule has 1 fully saturated rings. The topological polar surface area (TPSA) is 29.9 Å². The van der Waals surface area contributed by atoms with Crippen molar-refractivity contribution in [3.05, 3.63) is 54.1 Å². The highest BCUT2D eigenvalue weighted by molar-refractivity contribution is 5.21. The van der Waals surface area contributed by atoms with Gasteiger partial charge in [0.1, 0.15) is 0 Å². The summed E-state index contributed by atoms with van der Waals surface area (Å²) in [6.07, 6.45) is 7.68. The van der Waals surface area contributed by atoms with Crippen LogP contribution in [0.3, 0.4) is 0 Å². The second-order valence-electron chi connectivity index (χ2n) is 5.28. The molecule has 1 aromatic carbocycles. The fraction of sp³-hybridized carbons (Fsp3) is 0.438. The summed E-state index contributed by atoms with van der Waals surface area (Å²) in [7, 11) is 0. The number of nitrogens with one attached hydrogen (secondary N) is 1. The van der Waals surface area contributed by atoms with Gasteiger partial charge in [-0.1, -0.05) is 37.3 Å². The molecule has 1 heterocycles. The average molecular weight is 255 g/mol. The minimum Gasteiger partial charge on any atom is -0.326 e. The number of benzene rings is 1. The van der Waals surface area contributed by atoms with E-state index in [-0.39, 0.29) is 0 Å². The molecule has 3 nitrogen and oxygen atoms in total. The van der Waals surface area contributed by atoms with Crippen molar-refractivity contribution in [1.82, 2.24) is 14.9 Å². The maximum atomic E-state index is 4.34. The molecule has 1 saturated carbocycles. The third-order valence-corrected chi connectivity index (χ3v) is 3.80. The minimum atomic E-state index is 0.389. The van der Waals surface area contributed by atoms with Gasteiger partial charge in [0, 0.05) is 18.8 Å². The molecule has 0 bridgehead atoms. The molecule has 3 rings (SSSR count). The molecule has 1 unspecified atom stereocenters. The number of nitrogens with zero attached hydrogens (tertiary/aromatic N) is 2. The van der Waals surface area contributed by atoms with Crippen LogP contribution in [0.4, 0.5) is 0 Å². The molecule has 19 heavy (non-hydrogen) atoms. The van der Waals surface area contributed by atoms with Crippen LogP contribution >= 0.6 is 0 Å². The van der Waals surface area contributed by atoms with Crippen molar-refractivity contribution in [2.24, 2.45) is 0 Å². The molecular weight excluding hydrogens is 234 g/mol. The molecule has 0 aliphatic heterocycles. The third-order valence-electron chi connectivity index (χ3n) is 3.80. The van der Waals surface area contributed by atoms with Crippen LogP contribution in [0.2, 0.25) is 0 Å². The highest BCUT2D eigenvalue weighted by atomic mass is 15.1. The molecule has 0 spiro atoms. The first kappa shape index (κ1) is 12.4. The van der Waals surface area contributed by atoms with Gasteiger partial charge in [0.15, 0.2) is 0 Å². The SMILES string of the molecule is CCC(c1ccccc1)n1cncc1CNC1CC1. The summed E-state index contributed by atoms with van der Waals surface area (Å²) in [5.41, 5.74) is 2.64. The Kier molecular flexibility index (Phi) is 3.65. The molecule has 1 aliphatic rings. The Morgan fingerprint density at radius 1 is 1.32 bits per heavy atom. The van der Waals surface area contributed by atoms with E-state index in [1.54, 1.807) is 0 Å². The summed E-state index contributed by atoms with van der Waals surface area (Å²) < 4.78 is 2.31. The van der Waals surface area contributed by atoms with Crippen LogP contribution in [-0.4, -0.2) is 15.6 Å². The van der Waals surface area contributed by atoms with Crippen LogP contribution in [0.25, 0.3) is 0 Å². The minimum absolute atomic E-state index is 0.389. The molecule has 0 amide bonds. The molecule has 100 valence electrons. The zero-order valence-electron chi connectivity index (χ0n) is 11.4. The standard InChI is InChI=1S/C16H21N3/c1-2-16(13-6-4-3-5-7-13)19-12-17-10-15(19)11-18-14-8-9-14/h3-7,10,12,14,16,18H,2,8-9,11H2,1H3.